The first-order valence-corrected chi connectivity index (χ1v) is 9.06. The Labute approximate surface area is 131 Å². The summed E-state index contributed by atoms with van der Waals surface area (Å²) in [7, 11) is -3.33. The lowest BCUT2D eigenvalue weighted by Gasteiger charge is -2.25. The van der Waals surface area contributed by atoms with E-state index < -0.39 is 10.0 Å². The third-order valence-corrected chi connectivity index (χ3v) is 4.87. The van der Waals surface area contributed by atoms with Gasteiger partial charge in [-0.1, -0.05) is 19.1 Å². The summed E-state index contributed by atoms with van der Waals surface area (Å²) >= 11 is 0. The van der Waals surface area contributed by atoms with Gasteiger partial charge in [-0.25, -0.2) is 12.8 Å². The largest absolute Gasteiger partial charge is 0.352 e. The summed E-state index contributed by atoms with van der Waals surface area (Å²) in [4.78, 5) is 11.8. The molecule has 1 amide bonds. The fraction of sp³-hybridized carbons (Fsp3) is 0.533. The van der Waals surface area contributed by atoms with Crippen molar-refractivity contribution < 1.29 is 17.6 Å². The van der Waals surface area contributed by atoms with E-state index in [-0.39, 0.29) is 30.7 Å². The van der Waals surface area contributed by atoms with Gasteiger partial charge < -0.3 is 5.32 Å². The van der Waals surface area contributed by atoms with Crippen LogP contribution in [0.1, 0.15) is 32.3 Å². The average Bonchev–Trinajstić information content (AvgIpc) is 2.45. The molecule has 0 aromatic heterocycles. The van der Waals surface area contributed by atoms with Crippen molar-refractivity contribution in [1.82, 2.24) is 9.62 Å². The van der Waals surface area contributed by atoms with Gasteiger partial charge in [0.2, 0.25) is 15.9 Å². The van der Waals surface area contributed by atoms with Crippen LogP contribution in [0.15, 0.2) is 24.3 Å². The number of sulfonamides is 1. The molecule has 0 spiro atoms. The minimum Gasteiger partial charge on any atom is -0.352 e. The first kappa shape index (κ1) is 18.6. The Kier molecular flexibility index (Phi) is 6.96. The van der Waals surface area contributed by atoms with Crippen molar-refractivity contribution in [2.75, 3.05) is 12.8 Å². The minimum atomic E-state index is -3.33. The van der Waals surface area contributed by atoms with Crippen LogP contribution in [0, 0.1) is 5.82 Å². The topological polar surface area (TPSA) is 66.5 Å². The normalized spacial score (nSPS) is 13.1. The van der Waals surface area contributed by atoms with Crippen molar-refractivity contribution in [2.24, 2.45) is 0 Å². The van der Waals surface area contributed by atoms with Crippen molar-refractivity contribution in [2.45, 2.75) is 39.3 Å². The third-order valence-electron chi connectivity index (χ3n) is 3.47. The lowest BCUT2D eigenvalue weighted by Crippen LogP contribution is -2.40. The van der Waals surface area contributed by atoms with E-state index in [1.54, 1.807) is 12.1 Å². The molecule has 0 aliphatic rings. The molecule has 1 unspecified atom stereocenters. The average molecular weight is 330 g/mol. The highest BCUT2D eigenvalue weighted by Crippen LogP contribution is 2.09. The van der Waals surface area contributed by atoms with E-state index in [2.05, 4.69) is 5.32 Å². The van der Waals surface area contributed by atoms with Crippen LogP contribution in [0.4, 0.5) is 4.39 Å². The molecule has 1 rings (SSSR count). The van der Waals surface area contributed by atoms with E-state index in [0.717, 1.165) is 11.8 Å². The minimum absolute atomic E-state index is 0.0958. The molecule has 0 heterocycles. The smallest absolute Gasteiger partial charge is 0.221 e. The van der Waals surface area contributed by atoms with Gasteiger partial charge in [0.05, 0.1) is 6.26 Å². The second kappa shape index (κ2) is 8.24. The van der Waals surface area contributed by atoms with Gasteiger partial charge in [0.15, 0.2) is 0 Å². The third kappa shape index (κ3) is 6.11. The van der Waals surface area contributed by atoms with Crippen molar-refractivity contribution in [3.05, 3.63) is 35.6 Å². The molecule has 0 aliphatic heterocycles. The number of rotatable bonds is 8. The number of carbonyl (C=O) groups is 1. The lowest BCUT2D eigenvalue weighted by atomic mass is 10.2. The summed E-state index contributed by atoms with van der Waals surface area (Å²) in [6.45, 7) is 4.17. The molecule has 1 atom stereocenters. The molecule has 1 aromatic rings. The predicted octanol–water partition coefficient (Wildman–Crippen LogP) is 1.89. The van der Waals surface area contributed by atoms with Crippen LogP contribution in [0.5, 0.6) is 0 Å². The molecule has 7 heteroatoms. The Morgan fingerprint density at radius 3 is 2.41 bits per heavy atom. The van der Waals surface area contributed by atoms with Crippen molar-refractivity contribution in [3.63, 3.8) is 0 Å². The molecule has 1 N–H and O–H groups in total. The molecule has 0 saturated carbocycles. The van der Waals surface area contributed by atoms with Crippen molar-refractivity contribution in [1.29, 1.82) is 0 Å². The molecular weight excluding hydrogens is 307 g/mol. The van der Waals surface area contributed by atoms with E-state index in [4.69, 9.17) is 0 Å². The number of nitrogens with zero attached hydrogens (tertiary/aromatic N) is 1. The lowest BCUT2D eigenvalue weighted by molar-refractivity contribution is -0.121. The van der Waals surface area contributed by atoms with Crippen LogP contribution in [-0.4, -0.2) is 37.5 Å². The van der Waals surface area contributed by atoms with E-state index >= 15 is 0 Å². The molecule has 5 nitrogen and oxygen atoms in total. The Hall–Kier alpha value is -1.47. The van der Waals surface area contributed by atoms with Crippen LogP contribution < -0.4 is 5.32 Å². The standard InChI is InChI=1S/C15H23FN2O3S/c1-4-12(2)18(22(3,20)21)10-9-15(19)17-11-13-5-7-14(16)8-6-13/h5-8,12H,4,9-11H2,1-3H3,(H,17,19). The van der Waals surface area contributed by atoms with E-state index in [0.29, 0.717) is 13.0 Å². The number of carbonyl (C=O) groups excluding carboxylic acids is 1. The Morgan fingerprint density at radius 1 is 1.32 bits per heavy atom. The van der Waals surface area contributed by atoms with Gasteiger partial charge in [-0.3, -0.25) is 4.79 Å². The van der Waals surface area contributed by atoms with E-state index in [1.165, 1.54) is 16.4 Å². The monoisotopic (exact) mass is 330 g/mol. The Morgan fingerprint density at radius 2 is 1.91 bits per heavy atom. The zero-order chi connectivity index (χ0) is 16.8. The van der Waals surface area contributed by atoms with Crippen molar-refractivity contribution in [3.8, 4) is 0 Å². The molecule has 0 aliphatic carbocycles. The predicted molar refractivity (Wildman–Crippen MR) is 84.2 cm³/mol. The van der Waals surface area contributed by atoms with Crippen LogP contribution in [0.3, 0.4) is 0 Å². The van der Waals surface area contributed by atoms with Crippen LogP contribution in [0.2, 0.25) is 0 Å². The number of hydrogen-bond donors (Lipinski definition) is 1. The number of hydrogen-bond acceptors (Lipinski definition) is 3. The maximum absolute atomic E-state index is 12.8. The second-order valence-electron chi connectivity index (χ2n) is 5.28. The summed E-state index contributed by atoms with van der Waals surface area (Å²) < 4.78 is 37.5. The number of benzene rings is 1. The van der Waals surface area contributed by atoms with Crippen LogP contribution in [0.25, 0.3) is 0 Å². The first-order chi connectivity index (χ1) is 10.2. The molecule has 0 bridgehead atoms. The number of nitrogens with one attached hydrogen (secondary N) is 1. The fourth-order valence-electron chi connectivity index (χ4n) is 2.02. The summed E-state index contributed by atoms with van der Waals surface area (Å²) in [5.41, 5.74) is 0.789. The van der Waals surface area contributed by atoms with E-state index in [9.17, 15) is 17.6 Å². The summed E-state index contributed by atoms with van der Waals surface area (Å²) in [5, 5.41) is 2.70. The number of amides is 1. The molecule has 22 heavy (non-hydrogen) atoms. The number of halogens is 1. The van der Waals surface area contributed by atoms with Crippen molar-refractivity contribution >= 4 is 15.9 Å². The molecule has 124 valence electrons. The highest BCUT2D eigenvalue weighted by molar-refractivity contribution is 7.88. The van der Waals surface area contributed by atoms with Gasteiger partial charge in [-0.2, -0.15) is 4.31 Å². The van der Waals surface area contributed by atoms with Gasteiger partial charge >= 0.3 is 0 Å². The molecule has 0 radical (unpaired) electrons. The fourth-order valence-corrected chi connectivity index (χ4v) is 3.25. The molecule has 0 saturated heterocycles. The van der Waals surface area contributed by atoms with Gasteiger partial charge in [-0.15, -0.1) is 0 Å². The summed E-state index contributed by atoms with van der Waals surface area (Å²) in [6, 6.07) is 5.71. The summed E-state index contributed by atoms with van der Waals surface area (Å²) in [6.07, 6.45) is 1.93. The SMILES string of the molecule is CCC(C)N(CCC(=O)NCc1ccc(F)cc1)S(C)(=O)=O. The van der Waals surface area contributed by atoms with E-state index in [1.807, 2.05) is 13.8 Å². The first-order valence-electron chi connectivity index (χ1n) is 7.22. The van der Waals surface area contributed by atoms with Gasteiger partial charge in [0, 0.05) is 25.6 Å². The van der Waals surface area contributed by atoms with Crippen LogP contribution >= 0.6 is 0 Å². The highest BCUT2D eigenvalue weighted by atomic mass is 32.2. The van der Waals surface area contributed by atoms with Gasteiger partial charge in [0.25, 0.3) is 0 Å². The Bertz CT molecular complexity index is 587. The molecular formula is C15H23FN2O3S. The maximum Gasteiger partial charge on any atom is 0.221 e. The zero-order valence-corrected chi connectivity index (χ0v) is 14.0. The maximum atomic E-state index is 12.8. The molecule has 1 aromatic carbocycles. The highest BCUT2D eigenvalue weighted by Gasteiger charge is 2.22. The second-order valence-corrected chi connectivity index (χ2v) is 7.22. The Balaban J connectivity index is 2.48. The van der Waals surface area contributed by atoms with Gasteiger partial charge in [-0.05, 0) is 31.0 Å². The van der Waals surface area contributed by atoms with Gasteiger partial charge in [0.1, 0.15) is 5.82 Å². The zero-order valence-electron chi connectivity index (χ0n) is 13.2. The quantitative estimate of drug-likeness (QED) is 0.791. The van der Waals surface area contributed by atoms with Crippen LogP contribution in [-0.2, 0) is 21.4 Å². The summed E-state index contributed by atoms with van der Waals surface area (Å²) in [5.74, 6) is -0.561. The molecule has 0 fully saturated rings.